The summed E-state index contributed by atoms with van der Waals surface area (Å²) in [5.74, 6) is 0. The van der Waals surface area contributed by atoms with Crippen LogP contribution in [0.4, 0.5) is 13.2 Å². The lowest BCUT2D eigenvalue weighted by Gasteiger charge is -2.40. The molecule has 0 aliphatic carbocycles. The highest BCUT2D eigenvalue weighted by atomic mass is 32.2. The van der Waals surface area contributed by atoms with Crippen LogP contribution in [0.15, 0.2) is 29.2 Å². The second kappa shape index (κ2) is 4.94. The van der Waals surface area contributed by atoms with Crippen molar-refractivity contribution in [2.24, 2.45) is 5.41 Å². The van der Waals surface area contributed by atoms with Crippen LogP contribution in [0.3, 0.4) is 0 Å². The Morgan fingerprint density at radius 3 is 2.30 bits per heavy atom. The Morgan fingerprint density at radius 1 is 1.22 bits per heavy atom. The molecule has 3 atom stereocenters. The number of halogens is 3. The van der Waals surface area contributed by atoms with E-state index in [0.29, 0.717) is 4.31 Å². The summed E-state index contributed by atoms with van der Waals surface area (Å²) >= 11 is 0. The van der Waals surface area contributed by atoms with Crippen LogP contribution in [0.1, 0.15) is 19.4 Å². The average Bonchev–Trinajstić information content (AvgIpc) is 3.18. The maximum Gasteiger partial charge on any atom is 0.407 e. The van der Waals surface area contributed by atoms with E-state index >= 15 is 0 Å². The number of hydrogen-bond donors (Lipinski definition) is 0. The second-order valence-corrected chi connectivity index (χ2v) is 8.75. The van der Waals surface area contributed by atoms with Gasteiger partial charge in [-0.2, -0.15) is 17.5 Å². The number of alkyl halides is 3. The Morgan fingerprint density at radius 2 is 1.78 bits per heavy atom. The lowest BCUT2D eigenvalue weighted by Crippen LogP contribution is -2.59. The molecule has 4 nitrogen and oxygen atoms in total. The third-order valence-electron chi connectivity index (χ3n) is 4.44. The van der Waals surface area contributed by atoms with Crippen LogP contribution in [0.5, 0.6) is 0 Å². The third kappa shape index (κ3) is 2.77. The largest absolute Gasteiger partial charge is 0.407 e. The number of nitrogens with zero attached hydrogens (tertiary/aromatic N) is 1. The van der Waals surface area contributed by atoms with Gasteiger partial charge in [-0.3, -0.25) is 0 Å². The van der Waals surface area contributed by atoms with Gasteiger partial charge in [0.25, 0.3) is 0 Å². The molecule has 23 heavy (non-hydrogen) atoms. The monoisotopic (exact) mass is 349 g/mol. The lowest BCUT2D eigenvalue weighted by atomic mass is 9.82. The Labute approximate surface area is 133 Å². The molecule has 0 bridgehead atoms. The lowest BCUT2D eigenvalue weighted by molar-refractivity contribution is -0.180. The predicted molar refractivity (Wildman–Crippen MR) is 77.4 cm³/mol. The first-order valence-corrected chi connectivity index (χ1v) is 8.69. The van der Waals surface area contributed by atoms with Gasteiger partial charge in [0.15, 0.2) is 0 Å². The molecule has 0 saturated carbocycles. The summed E-state index contributed by atoms with van der Waals surface area (Å²) in [5.41, 5.74) is 0.172. The summed E-state index contributed by atoms with van der Waals surface area (Å²) < 4.78 is 71.6. The number of benzene rings is 1. The fraction of sp³-hybridized carbons (Fsp3) is 0.600. The summed E-state index contributed by atoms with van der Waals surface area (Å²) in [6.07, 6.45) is -6.36. The van der Waals surface area contributed by atoms with Crippen molar-refractivity contribution >= 4 is 10.0 Å². The number of epoxide rings is 1. The van der Waals surface area contributed by atoms with E-state index in [1.807, 2.05) is 0 Å². The molecule has 2 aliphatic heterocycles. The first kappa shape index (κ1) is 16.7. The van der Waals surface area contributed by atoms with E-state index in [-0.39, 0.29) is 11.4 Å². The minimum Gasteiger partial charge on any atom is -0.367 e. The summed E-state index contributed by atoms with van der Waals surface area (Å²) in [6, 6.07) is 3.68. The van der Waals surface area contributed by atoms with Crippen molar-refractivity contribution < 1.29 is 26.3 Å². The van der Waals surface area contributed by atoms with Gasteiger partial charge >= 0.3 is 6.18 Å². The van der Waals surface area contributed by atoms with E-state index in [0.717, 1.165) is 5.56 Å². The molecule has 128 valence electrons. The molecule has 2 aliphatic rings. The molecule has 1 aromatic carbocycles. The number of aryl methyl sites for hydroxylation is 1. The van der Waals surface area contributed by atoms with Crippen molar-refractivity contribution in [1.82, 2.24) is 4.31 Å². The van der Waals surface area contributed by atoms with E-state index in [4.69, 9.17) is 4.74 Å². The van der Waals surface area contributed by atoms with E-state index in [2.05, 4.69) is 0 Å². The molecule has 0 unspecified atom stereocenters. The molecule has 0 amide bonds. The second-order valence-electron chi connectivity index (χ2n) is 6.86. The topological polar surface area (TPSA) is 49.9 Å². The number of rotatable bonds is 2. The zero-order valence-electron chi connectivity index (χ0n) is 13.0. The van der Waals surface area contributed by atoms with Gasteiger partial charge in [0.1, 0.15) is 12.1 Å². The highest BCUT2D eigenvalue weighted by Crippen LogP contribution is 2.51. The van der Waals surface area contributed by atoms with Gasteiger partial charge in [-0.05, 0) is 19.1 Å². The first-order chi connectivity index (χ1) is 10.4. The Bertz CT molecular complexity index is 712. The normalized spacial score (nSPS) is 30.8. The third-order valence-corrected chi connectivity index (χ3v) is 6.29. The minimum atomic E-state index is -4.67. The van der Waals surface area contributed by atoms with Gasteiger partial charge < -0.3 is 4.74 Å². The molecule has 0 radical (unpaired) electrons. The smallest absolute Gasteiger partial charge is 0.367 e. The highest BCUT2D eigenvalue weighted by Gasteiger charge is 2.68. The number of piperidine rings is 1. The van der Waals surface area contributed by atoms with Crippen LogP contribution in [0.2, 0.25) is 0 Å². The minimum absolute atomic E-state index is 0.132. The van der Waals surface area contributed by atoms with Crippen LogP contribution in [-0.2, 0) is 14.8 Å². The molecule has 2 fully saturated rings. The van der Waals surface area contributed by atoms with Crippen LogP contribution < -0.4 is 0 Å². The fourth-order valence-electron chi connectivity index (χ4n) is 3.18. The van der Waals surface area contributed by atoms with Crippen molar-refractivity contribution in [3.8, 4) is 0 Å². The molecule has 8 heteroatoms. The average molecular weight is 349 g/mol. The Kier molecular flexibility index (Phi) is 3.59. The summed E-state index contributed by atoms with van der Waals surface area (Å²) in [4.78, 5) is -0.132. The van der Waals surface area contributed by atoms with Crippen LogP contribution in [-0.4, -0.2) is 43.7 Å². The zero-order chi connectivity index (χ0) is 17.2. The van der Waals surface area contributed by atoms with Crippen LogP contribution in [0, 0.1) is 12.3 Å². The maximum absolute atomic E-state index is 13.4. The number of fused-ring (bicyclic) bond motifs is 1. The standard InChI is InChI=1S/C15H18F3NO3S/c1-9-4-6-10(7-5-9)23(20,21)19-8-14(2,3)13-11(22-13)12(19)15(16,17)18/h4-7,11-13H,8H2,1-3H3/t11-,12-,13-/m1/s1. The molecule has 3 rings (SSSR count). The Balaban J connectivity index is 2.05. The van der Waals surface area contributed by atoms with Crippen molar-refractivity contribution in [2.75, 3.05) is 6.54 Å². The van der Waals surface area contributed by atoms with Crippen molar-refractivity contribution in [1.29, 1.82) is 0 Å². The fourth-order valence-corrected chi connectivity index (χ4v) is 4.97. The number of sulfonamides is 1. The zero-order valence-corrected chi connectivity index (χ0v) is 13.8. The van der Waals surface area contributed by atoms with E-state index in [1.54, 1.807) is 32.9 Å². The first-order valence-electron chi connectivity index (χ1n) is 7.25. The Hall–Kier alpha value is -1.12. The van der Waals surface area contributed by atoms with Crippen molar-refractivity contribution in [3.63, 3.8) is 0 Å². The molecule has 0 aromatic heterocycles. The summed E-state index contributed by atoms with van der Waals surface area (Å²) in [5, 5.41) is 0. The van der Waals surface area contributed by atoms with Gasteiger partial charge in [0, 0.05) is 12.0 Å². The van der Waals surface area contributed by atoms with Crippen LogP contribution in [0.25, 0.3) is 0 Å². The predicted octanol–water partition coefficient (Wildman–Crippen LogP) is 2.72. The van der Waals surface area contributed by atoms with Crippen molar-refractivity contribution in [3.05, 3.63) is 29.8 Å². The van der Waals surface area contributed by atoms with Crippen molar-refractivity contribution in [2.45, 2.75) is 50.1 Å². The number of hydrogen-bond acceptors (Lipinski definition) is 3. The molecular weight excluding hydrogens is 331 g/mol. The van der Waals surface area contributed by atoms with Gasteiger partial charge in [-0.1, -0.05) is 31.5 Å². The molecular formula is C15H18F3NO3S. The maximum atomic E-state index is 13.4. The summed E-state index contributed by atoms with van der Waals surface area (Å²) in [6.45, 7) is 5.00. The molecule has 2 saturated heterocycles. The van der Waals surface area contributed by atoms with Crippen LogP contribution >= 0.6 is 0 Å². The summed E-state index contributed by atoms with van der Waals surface area (Å²) in [7, 11) is -4.26. The molecule has 1 aromatic rings. The van der Waals surface area contributed by atoms with Gasteiger partial charge in [-0.15, -0.1) is 0 Å². The van der Waals surface area contributed by atoms with E-state index in [1.165, 1.54) is 12.1 Å². The molecule has 0 spiro atoms. The van der Waals surface area contributed by atoms with Gasteiger partial charge in [0.05, 0.1) is 11.0 Å². The van der Waals surface area contributed by atoms with E-state index < -0.39 is 39.9 Å². The molecule has 2 heterocycles. The SMILES string of the molecule is Cc1ccc(S(=O)(=O)N2CC(C)(C)[C@@H]3O[C@@H]3[C@@H]2C(F)(F)F)cc1. The quantitative estimate of drug-likeness (QED) is 0.772. The highest BCUT2D eigenvalue weighted by molar-refractivity contribution is 7.89. The molecule has 0 N–H and O–H groups in total. The number of ether oxygens (including phenoxy) is 1. The van der Waals surface area contributed by atoms with E-state index in [9.17, 15) is 21.6 Å². The van der Waals surface area contributed by atoms with Gasteiger partial charge in [-0.25, -0.2) is 8.42 Å². The van der Waals surface area contributed by atoms with Gasteiger partial charge in [0.2, 0.25) is 10.0 Å².